The number of alkyl halides is 3. The van der Waals surface area contributed by atoms with Gasteiger partial charge in [0.25, 0.3) is 0 Å². The summed E-state index contributed by atoms with van der Waals surface area (Å²) in [6.45, 7) is 4.21. The molecule has 2 unspecified atom stereocenters. The lowest BCUT2D eigenvalue weighted by atomic mass is 10.6. The van der Waals surface area contributed by atoms with Crippen molar-refractivity contribution in [2.45, 2.75) is 33.4 Å². The first kappa shape index (κ1) is 13.9. The van der Waals surface area contributed by atoms with Crippen LogP contribution >= 0.6 is 56.8 Å². The van der Waals surface area contributed by atoms with Crippen molar-refractivity contribution in [3.63, 3.8) is 0 Å². The maximum Gasteiger partial charge on any atom is 0.213 e. The summed E-state index contributed by atoms with van der Waals surface area (Å²) in [6.07, 6.45) is 0.949. The van der Waals surface area contributed by atoms with Crippen molar-refractivity contribution < 1.29 is 4.80 Å². The lowest BCUT2D eigenvalue weighted by Gasteiger charge is -2.30. The van der Waals surface area contributed by atoms with E-state index in [0.29, 0.717) is 13.0 Å². The second-order valence-electron chi connectivity index (χ2n) is 3.02. The van der Waals surface area contributed by atoms with Crippen LogP contribution in [0.15, 0.2) is 0 Å². The van der Waals surface area contributed by atoms with Gasteiger partial charge in [0, 0.05) is 13.0 Å². The summed E-state index contributed by atoms with van der Waals surface area (Å²) in [5.74, 6) is 0.669. The molecule has 0 aliphatic carbocycles. The highest BCUT2D eigenvalue weighted by Gasteiger charge is 2.39. The van der Waals surface area contributed by atoms with Crippen molar-refractivity contribution in [1.29, 1.82) is 0 Å². The predicted molar refractivity (Wildman–Crippen MR) is 75.1 cm³/mol. The Balaban J connectivity index is 4.19. The standard InChI is InChI=1S/C7H15ClI2OSi/c1-6(9)12(11,7(2)10)5-3-4-8/h6-7,11H,3-5H2,1-2H3. The average molecular weight is 433 g/mol. The maximum absolute atomic E-state index is 10.4. The van der Waals surface area contributed by atoms with Crippen LogP contribution in [0.4, 0.5) is 0 Å². The van der Waals surface area contributed by atoms with Crippen molar-refractivity contribution in [1.82, 2.24) is 0 Å². The fourth-order valence-corrected chi connectivity index (χ4v) is 10.8. The zero-order valence-corrected chi connectivity index (χ0v) is 13.4. The van der Waals surface area contributed by atoms with E-state index in [1.807, 2.05) is 0 Å². The third kappa shape index (κ3) is 3.98. The molecule has 0 heterocycles. The van der Waals surface area contributed by atoms with Crippen LogP contribution in [0.25, 0.3) is 0 Å². The summed E-state index contributed by atoms with van der Waals surface area (Å²) < 4.78 is 0.815. The third-order valence-corrected chi connectivity index (χ3v) is 12.7. The third-order valence-electron chi connectivity index (χ3n) is 2.09. The van der Waals surface area contributed by atoms with Gasteiger partial charge in [0.05, 0.1) is 0 Å². The van der Waals surface area contributed by atoms with Crippen LogP contribution in [0.2, 0.25) is 6.04 Å². The predicted octanol–water partition coefficient (Wildman–Crippen LogP) is 3.28. The molecule has 74 valence electrons. The SMILES string of the molecule is CC(I)[Si](O)(CCCCl)C(C)I. The van der Waals surface area contributed by atoms with Crippen molar-refractivity contribution in [3.8, 4) is 0 Å². The molecule has 0 amide bonds. The van der Waals surface area contributed by atoms with E-state index < -0.39 is 8.32 Å². The molecule has 0 bridgehead atoms. The van der Waals surface area contributed by atoms with Crippen molar-refractivity contribution >= 4 is 65.1 Å². The fourth-order valence-electron chi connectivity index (χ4n) is 1.06. The van der Waals surface area contributed by atoms with Crippen LogP contribution in [0, 0.1) is 0 Å². The summed E-state index contributed by atoms with van der Waals surface area (Å²) in [7, 11) is -2.04. The number of rotatable bonds is 5. The molecule has 0 aliphatic rings. The second kappa shape index (κ2) is 6.42. The van der Waals surface area contributed by atoms with E-state index in [1.165, 1.54) is 0 Å². The molecular formula is C7H15ClI2OSi. The molecule has 0 spiro atoms. The van der Waals surface area contributed by atoms with Crippen LogP contribution in [0.3, 0.4) is 0 Å². The van der Waals surface area contributed by atoms with Crippen LogP contribution in [-0.2, 0) is 0 Å². The monoisotopic (exact) mass is 432 g/mol. The molecule has 0 saturated carbocycles. The molecule has 0 aromatic heterocycles. The normalized spacial score (nSPS) is 21.5. The highest BCUT2D eigenvalue weighted by Crippen LogP contribution is 2.28. The van der Waals surface area contributed by atoms with Gasteiger partial charge in [0.1, 0.15) is 0 Å². The van der Waals surface area contributed by atoms with Gasteiger partial charge < -0.3 is 4.80 Å². The van der Waals surface area contributed by atoms with Crippen LogP contribution in [0.5, 0.6) is 0 Å². The Kier molecular flexibility index (Phi) is 7.45. The molecule has 0 aromatic carbocycles. The van der Waals surface area contributed by atoms with E-state index in [-0.39, 0.29) is 0 Å². The molecule has 0 radical (unpaired) electrons. The maximum atomic E-state index is 10.4. The zero-order valence-electron chi connectivity index (χ0n) is 7.36. The molecule has 1 N–H and O–H groups in total. The molecule has 5 heteroatoms. The minimum absolute atomic E-state index is 0.408. The van der Waals surface area contributed by atoms with Gasteiger partial charge in [0.15, 0.2) is 0 Å². The van der Waals surface area contributed by atoms with E-state index in [4.69, 9.17) is 11.6 Å². The summed E-state index contributed by atoms with van der Waals surface area (Å²) in [6, 6.07) is 0.935. The first-order valence-electron chi connectivity index (χ1n) is 4.01. The van der Waals surface area contributed by atoms with Gasteiger partial charge in [-0.25, -0.2) is 0 Å². The summed E-state index contributed by atoms with van der Waals surface area (Å²) in [5, 5.41) is 0. The molecule has 0 aromatic rings. The summed E-state index contributed by atoms with van der Waals surface area (Å²) in [4.78, 5) is 10.4. The highest BCUT2D eigenvalue weighted by molar-refractivity contribution is 14.1. The zero-order chi connectivity index (χ0) is 9.78. The Hall–Kier alpha value is 1.93. The molecule has 0 saturated heterocycles. The molecule has 12 heavy (non-hydrogen) atoms. The topological polar surface area (TPSA) is 20.2 Å². The van der Waals surface area contributed by atoms with E-state index in [2.05, 4.69) is 59.0 Å². The largest absolute Gasteiger partial charge is 0.430 e. The van der Waals surface area contributed by atoms with E-state index in [9.17, 15) is 4.80 Å². The first-order valence-corrected chi connectivity index (χ1v) is 9.35. The number of hydrogen-bond acceptors (Lipinski definition) is 1. The second-order valence-corrected chi connectivity index (χ2v) is 13.7. The van der Waals surface area contributed by atoms with E-state index >= 15 is 0 Å². The van der Waals surface area contributed by atoms with Gasteiger partial charge in [-0.1, -0.05) is 59.0 Å². The Labute approximate surface area is 108 Å². The van der Waals surface area contributed by atoms with E-state index in [0.717, 1.165) is 12.5 Å². The van der Waals surface area contributed by atoms with Crippen molar-refractivity contribution in [2.24, 2.45) is 0 Å². The van der Waals surface area contributed by atoms with Gasteiger partial charge in [-0.05, 0) is 12.5 Å². The van der Waals surface area contributed by atoms with Gasteiger partial charge in [-0.2, -0.15) is 0 Å². The smallest absolute Gasteiger partial charge is 0.213 e. The Morgan fingerprint density at radius 2 is 1.75 bits per heavy atom. The van der Waals surface area contributed by atoms with Crippen molar-refractivity contribution in [3.05, 3.63) is 0 Å². The average Bonchev–Trinajstić information content (AvgIpc) is 1.99. The minimum Gasteiger partial charge on any atom is -0.430 e. The van der Waals surface area contributed by atoms with Crippen LogP contribution in [0.1, 0.15) is 20.3 Å². The quantitative estimate of drug-likeness (QED) is 0.402. The van der Waals surface area contributed by atoms with Gasteiger partial charge >= 0.3 is 0 Å². The first-order chi connectivity index (χ1) is 5.45. The lowest BCUT2D eigenvalue weighted by molar-refractivity contribution is 0.524. The van der Waals surface area contributed by atoms with Gasteiger partial charge in [-0.3, -0.25) is 0 Å². The fraction of sp³-hybridized carbons (Fsp3) is 1.00. The molecular weight excluding hydrogens is 417 g/mol. The summed E-state index contributed by atoms with van der Waals surface area (Å²) in [5.41, 5.74) is 0. The van der Waals surface area contributed by atoms with E-state index in [1.54, 1.807) is 0 Å². The van der Waals surface area contributed by atoms with Crippen molar-refractivity contribution in [2.75, 3.05) is 5.88 Å². The molecule has 0 aliphatic heterocycles. The van der Waals surface area contributed by atoms with Crippen LogP contribution in [-0.4, -0.2) is 26.1 Å². The Morgan fingerprint density at radius 1 is 1.33 bits per heavy atom. The molecule has 2 atom stereocenters. The Morgan fingerprint density at radius 3 is 2.00 bits per heavy atom. The van der Waals surface area contributed by atoms with Gasteiger partial charge in [-0.15, -0.1) is 11.6 Å². The number of halogens is 3. The Bertz CT molecular complexity index is 125. The highest BCUT2D eigenvalue weighted by atomic mass is 127. The van der Waals surface area contributed by atoms with Crippen LogP contribution < -0.4 is 0 Å². The minimum atomic E-state index is -2.04. The summed E-state index contributed by atoms with van der Waals surface area (Å²) >= 11 is 10.3. The molecule has 1 nitrogen and oxygen atoms in total. The lowest BCUT2D eigenvalue weighted by Crippen LogP contribution is -2.50. The molecule has 0 fully saturated rings. The molecule has 0 rings (SSSR count). The van der Waals surface area contributed by atoms with Gasteiger partial charge in [0.2, 0.25) is 8.32 Å². The number of hydrogen-bond donors (Lipinski definition) is 1.